The van der Waals surface area contributed by atoms with E-state index in [1.54, 1.807) is 31.2 Å². The molecule has 1 unspecified atom stereocenters. The Balaban J connectivity index is 3.25. The Bertz CT molecular complexity index is 599. The van der Waals surface area contributed by atoms with Crippen LogP contribution in [0, 0.1) is 6.92 Å². The molecule has 0 aromatic heterocycles. The fourth-order valence-electron chi connectivity index (χ4n) is 1.90. The van der Waals surface area contributed by atoms with Crippen molar-refractivity contribution in [2.75, 3.05) is 6.54 Å². The molecule has 0 aliphatic rings. The lowest BCUT2D eigenvalue weighted by Crippen LogP contribution is -2.41. The quantitative estimate of drug-likeness (QED) is 0.575. The van der Waals surface area contributed by atoms with Gasteiger partial charge in [0.15, 0.2) is 0 Å². The van der Waals surface area contributed by atoms with E-state index in [1.807, 2.05) is 26.8 Å². The maximum absolute atomic E-state index is 12.8. The van der Waals surface area contributed by atoms with Crippen molar-refractivity contribution in [1.82, 2.24) is 4.31 Å². The zero-order valence-corrected chi connectivity index (χ0v) is 13.9. The summed E-state index contributed by atoms with van der Waals surface area (Å²) in [6.07, 6.45) is 2.97. The molecule has 0 amide bonds. The number of sulfonamides is 1. The minimum atomic E-state index is -3.68. The minimum absolute atomic E-state index is 0.204. The Morgan fingerprint density at radius 3 is 2.24 bits per heavy atom. The van der Waals surface area contributed by atoms with E-state index >= 15 is 0 Å². The predicted molar refractivity (Wildman–Crippen MR) is 84.6 cm³/mol. The molecule has 0 N–H and O–H groups in total. The van der Waals surface area contributed by atoms with E-state index in [4.69, 9.17) is 0 Å². The number of hydrogen-bond acceptors (Lipinski definition) is 3. The topological polar surface area (TPSA) is 54.5 Å². The van der Waals surface area contributed by atoms with Crippen LogP contribution in [0.4, 0.5) is 0 Å². The Morgan fingerprint density at radius 1 is 1.24 bits per heavy atom. The fourth-order valence-corrected chi connectivity index (χ4v) is 3.47. The highest BCUT2D eigenvalue weighted by Crippen LogP contribution is 2.20. The number of benzene rings is 1. The highest BCUT2D eigenvalue weighted by atomic mass is 32.2. The third-order valence-corrected chi connectivity index (χ3v) is 5.16. The largest absolute Gasteiger partial charge is 0.302 e. The van der Waals surface area contributed by atoms with Crippen molar-refractivity contribution in [3.8, 4) is 0 Å². The molecule has 4 nitrogen and oxygen atoms in total. The Hall–Kier alpha value is -1.46. The lowest BCUT2D eigenvalue weighted by atomic mass is 10.2. The highest BCUT2D eigenvalue weighted by molar-refractivity contribution is 7.89. The van der Waals surface area contributed by atoms with Crippen LogP contribution in [0.1, 0.15) is 32.8 Å². The monoisotopic (exact) mass is 309 g/mol. The number of nitrogens with zero attached hydrogens (tertiary/aromatic N) is 1. The van der Waals surface area contributed by atoms with Gasteiger partial charge in [0, 0.05) is 6.54 Å². The van der Waals surface area contributed by atoms with Gasteiger partial charge >= 0.3 is 0 Å². The molecule has 116 valence electrons. The molecular formula is C16H23NO3S. The van der Waals surface area contributed by atoms with Gasteiger partial charge in [-0.25, -0.2) is 8.42 Å². The third-order valence-electron chi connectivity index (χ3n) is 3.25. The normalized spacial score (nSPS) is 13.0. The van der Waals surface area contributed by atoms with Gasteiger partial charge in [-0.2, -0.15) is 4.31 Å². The van der Waals surface area contributed by atoms with Crippen LogP contribution in [0.3, 0.4) is 0 Å². The molecule has 0 aliphatic heterocycles. The summed E-state index contributed by atoms with van der Waals surface area (Å²) in [5, 5.41) is 0. The number of allylic oxidation sites excluding steroid dienone is 1. The van der Waals surface area contributed by atoms with Crippen LogP contribution in [0.2, 0.25) is 0 Å². The third kappa shape index (κ3) is 4.51. The molecule has 0 saturated heterocycles. The molecule has 1 aromatic rings. The van der Waals surface area contributed by atoms with E-state index in [-0.39, 0.29) is 11.4 Å². The molecule has 1 atom stereocenters. The van der Waals surface area contributed by atoms with Gasteiger partial charge in [0.25, 0.3) is 0 Å². The molecule has 0 aliphatic carbocycles. The van der Waals surface area contributed by atoms with Gasteiger partial charge < -0.3 is 4.79 Å². The number of carbonyl (C=O) groups is 1. The number of carbonyl (C=O) groups excluding carboxylic acids is 1. The second kappa shape index (κ2) is 7.52. The molecule has 1 aromatic carbocycles. The summed E-state index contributed by atoms with van der Waals surface area (Å²) in [4.78, 5) is 11.4. The summed E-state index contributed by atoms with van der Waals surface area (Å²) in [6, 6.07) is 6.03. The average molecular weight is 309 g/mol. The van der Waals surface area contributed by atoms with Crippen LogP contribution in [-0.2, 0) is 14.8 Å². The Morgan fingerprint density at radius 2 is 1.81 bits per heavy atom. The molecule has 1 rings (SSSR count). The highest BCUT2D eigenvalue weighted by Gasteiger charge is 2.29. The maximum Gasteiger partial charge on any atom is 0.244 e. The van der Waals surface area contributed by atoms with Gasteiger partial charge in [-0.3, -0.25) is 0 Å². The summed E-state index contributed by atoms with van der Waals surface area (Å²) < 4.78 is 26.8. The predicted octanol–water partition coefficient (Wildman–Crippen LogP) is 2.93. The van der Waals surface area contributed by atoms with Crippen molar-refractivity contribution in [3.05, 3.63) is 41.5 Å². The summed E-state index contributed by atoms with van der Waals surface area (Å²) >= 11 is 0. The number of hydrogen-bond donors (Lipinski definition) is 0. The van der Waals surface area contributed by atoms with Crippen LogP contribution >= 0.6 is 0 Å². The zero-order chi connectivity index (χ0) is 16.0. The van der Waals surface area contributed by atoms with Crippen molar-refractivity contribution < 1.29 is 13.2 Å². The zero-order valence-electron chi connectivity index (χ0n) is 13.0. The van der Waals surface area contributed by atoms with E-state index in [0.717, 1.165) is 11.1 Å². The van der Waals surface area contributed by atoms with Crippen molar-refractivity contribution in [2.45, 2.75) is 45.1 Å². The molecule has 0 radical (unpaired) electrons. The van der Waals surface area contributed by atoms with Crippen LogP contribution < -0.4 is 0 Å². The van der Waals surface area contributed by atoms with E-state index in [2.05, 4.69) is 0 Å². The number of aryl methyl sites for hydroxylation is 1. The number of aldehydes is 1. The van der Waals surface area contributed by atoms with Crippen LogP contribution in [0.5, 0.6) is 0 Å². The molecule has 0 bridgehead atoms. The molecule has 5 heteroatoms. The molecule has 0 spiro atoms. The van der Waals surface area contributed by atoms with E-state index in [1.165, 1.54) is 4.31 Å². The first-order valence-electron chi connectivity index (χ1n) is 7.00. The molecular weight excluding hydrogens is 286 g/mol. The van der Waals surface area contributed by atoms with E-state index < -0.39 is 16.1 Å². The first-order valence-corrected chi connectivity index (χ1v) is 8.44. The van der Waals surface area contributed by atoms with E-state index in [9.17, 15) is 13.2 Å². The summed E-state index contributed by atoms with van der Waals surface area (Å²) in [5.41, 5.74) is 2.01. The van der Waals surface area contributed by atoms with Crippen LogP contribution in [0.15, 0.2) is 40.8 Å². The molecule has 0 heterocycles. The average Bonchev–Trinajstić information content (AvgIpc) is 2.43. The van der Waals surface area contributed by atoms with Gasteiger partial charge in [0.2, 0.25) is 10.0 Å². The lowest BCUT2D eigenvalue weighted by Gasteiger charge is -2.25. The SMILES string of the molecule is CCC(C=O)N(CC=C(C)C)S(=O)(=O)c1ccc(C)cc1. The van der Waals surface area contributed by atoms with Crippen molar-refractivity contribution in [3.63, 3.8) is 0 Å². The smallest absolute Gasteiger partial charge is 0.244 e. The summed E-state index contributed by atoms with van der Waals surface area (Å²) in [5.74, 6) is 0. The fraction of sp³-hybridized carbons (Fsp3) is 0.438. The molecule has 0 saturated carbocycles. The van der Waals surface area contributed by atoms with E-state index in [0.29, 0.717) is 12.7 Å². The second-order valence-electron chi connectivity index (χ2n) is 5.28. The lowest BCUT2D eigenvalue weighted by molar-refractivity contribution is -0.111. The number of rotatable bonds is 7. The van der Waals surface area contributed by atoms with Gasteiger partial charge in [-0.15, -0.1) is 0 Å². The van der Waals surface area contributed by atoms with Gasteiger partial charge in [0.05, 0.1) is 10.9 Å². The molecule has 21 heavy (non-hydrogen) atoms. The van der Waals surface area contributed by atoms with Gasteiger partial charge in [-0.1, -0.05) is 36.3 Å². The molecule has 0 fully saturated rings. The standard InChI is InChI=1S/C16H23NO3S/c1-5-15(12-18)17(11-10-13(2)3)21(19,20)16-8-6-14(4)7-9-16/h6-10,12,15H,5,11H2,1-4H3. The summed E-state index contributed by atoms with van der Waals surface area (Å²) in [7, 11) is -3.68. The Labute approximate surface area is 127 Å². The van der Waals surface area contributed by atoms with Crippen molar-refractivity contribution in [1.29, 1.82) is 0 Å². The first-order chi connectivity index (χ1) is 9.82. The van der Waals surface area contributed by atoms with Crippen molar-refractivity contribution in [2.24, 2.45) is 0 Å². The van der Waals surface area contributed by atoms with Crippen LogP contribution in [-0.4, -0.2) is 31.6 Å². The maximum atomic E-state index is 12.8. The van der Waals surface area contributed by atoms with Gasteiger partial charge in [0.1, 0.15) is 6.29 Å². The second-order valence-corrected chi connectivity index (χ2v) is 7.17. The Kier molecular flexibility index (Phi) is 6.30. The minimum Gasteiger partial charge on any atom is -0.302 e. The van der Waals surface area contributed by atoms with Crippen LogP contribution in [0.25, 0.3) is 0 Å². The van der Waals surface area contributed by atoms with Crippen molar-refractivity contribution >= 4 is 16.3 Å². The summed E-state index contributed by atoms with van der Waals surface area (Å²) in [6.45, 7) is 7.71. The first kappa shape index (κ1) is 17.6. The van der Waals surface area contributed by atoms with Gasteiger partial charge in [-0.05, 0) is 39.3 Å².